The third-order valence-corrected chi connectivity index (χ3v) is 10.0. The van der Waals surface area contributed by atoms with Gasteiger partial charge in [-0.15, -0.1) is 0 Å². The first-order valence-electron chi connectivity index (χ1n) is 16.9. The SMILES string of the molecule is Cc1cccc(C)c1N1CC=C[C@@]23O[C@H]4/C=C\CCC(=O)NC[C@H](c5ccccc5)OC(=O)[C@H]4[C@@H]2C(=O)N([C@@H](CO)CC(C)C)[C@H]3C1=O. The molecule has 1 spiro atoms. The molecule has 2 aromatic carbocycles. The van der Waals surface area contributed by atoms with Crippen LogP contribution in [0.1, 0.15) is 55.9 Å². The number of aliphatic hydroxyl groups is 1. The first-order valence-corrected chi connectivity index (χ1v) is 16.9. The highest BCUT2D eigenvalue weighted by atomic mass is 16.6. The van der Waals surface area contributed by atoms with Crippen molar-refractivity contribution in [2.75, 3.05) is 24.6 Å². The number of allylic oxidation sites excluding steroid dienone is 1. The molecule has 6 rings (SSSR count). The van der Waals surface area contributed by atoms with Crippen LogP contribution in [0.3, 0.4) is 0 Å². The highest BCUT2D eigenvalue weighted by Crippen LogP contribution is 2.54. The van der Waals surface area contributed by atoms with E-state index in [-0.39, 0.29) is 43.8 Å². The highest BCUT2D eigenvalue weighted by molar-refractivity contribution is 6.06. The van der Waals surface area contributed by atoms with Crippen LogP contribution in [-0.2, 0) is 28.7 Å². The molecular formula is C38H45N3O7. The summed E-state index contributed by atoms with van der Waals surface area (Å²) >= 11 is 0. The molecule has 10 nitrogen and oxygen atoms in total. The number of amides is 3. The van der Waals surface area contributed by atoms with Crippen LogP contribution in [0.2, 0.25) is 0 Å². The maximum absolute atomic E-state index is 15.0. The van der Waals surface area contributed by atoms with Crippen molar-refractivity contribution >= 4 is 29.4 Å². The Hall–Kier alpha value is -4.28. The minimum absolute atomic E-state index is 0.0686. The van der Waals surface area contributed by atoms with E-state index in [9.17, 15) is 24.3 Å². The van der Waals surface area contributed by atoms with Gasteiger partial charge in [-0.3, -0.25) is 19.2 Å². The number of carbonyl (C=O) groups is 4. The molecule has 7 atom stereocenters. The summed E-state index contributed by atoms with van der Waals surface area (Å²) in [6.45, 7) is 7.86. The summed E-state index contributed by atoms with van der Waals surface area (Å²) in [6.07, 6.45) is 6.55. The number of para-hydroxylation sites is 1. The van der Waals surface area contributed by atoms with Gasteiger partial charge in [-0.1, -0.05) is 86.7 Å². The molecule has 48 heavy (non-hydrogen) atoms. The van der Waals surface area contributed by atoms with Gasteiger partial charge in [0.05, 0.1) is 31.2 Å². The monoisotopic (exact) mass is 655 g/mol. The first kappa shape index (κ1) is 33.6. The minimum Gasteiger partial charge on any atom is -0.455 e. The Bertz CT molecular complexity index is 1600. The average Bonchev–Trinajstić information content (AvgIpc) is 3.45. The fourth-order valence-corrected chi connectivity index (χ4v) is 7.99. The molecule has 0 saturated carbocycles. The van der Waals surface area contributed by atoms with Crippen molar-refractivity contribution in [1.82, 2.24) is 10.2 Å². The predicted octanol–water partition coefficient (Wildman–Crippen LogP) is 3.94. The molecule has 4 aliphatic heterocycles. The van der Waals surface area contributed by atoms with Gasteiger partial charge < -0.3 is 29.7 Å². The number of carbonyl (C=O) groups excluding carboxylic acids is 4. The predicted molar refractivity (Wildman–Crippen MR) is 180 cm³/mol. The van der Waals surface area contributed by atoms with Gasteiger partial charge in [-0.05, 0) is 49.3 Å². The molecule has 0 bridgehead atoms. The summed E-state index contributed by atoms with van der Waals surface area (Å²) in [5, 5.41) is 13.6. The van der Waals surface area contributed by atoms with E-state index in [4.69, 9.17) is 9.47 Å². The summed E-state index contributed by atoms with van der Waals surface area (Å²) in [5.41, 5.74) is 1.79. The van der Waals surface area contributed by atoms with E-state index in [1.165, 1.54) is 4.90 Å². The van der Waals surface area contributed by atoms with Crippen LogP contribution in [0.4, 0.5) is 5.69 Å². The minimum atomic E-state index is -1.50. The molecule has 2 aromatic rings. The van der Waals surface area contributed by atoms with E-state index < -0.39 is 53.6 Å². The van der Waals surface area contributed by atoms with Crippen LogP contribution in [0.25, 0.3) is 0 Å². The smallest absolute Gasteiger partial charge is 0.313 e. The van der Waals surface area contributed by atoms with E-state index in [1.54, 1.807) is 23.1 Å². The normalized spacial score (nSPS) is 30.4. The number of hydrogen-bond acceptors (Lipinski definition) is 7. The lowest BCUT2D eigenvalue weighted by molar-refractivity contribution is -0.160. The van der Waals surface area contributed by atoms with Crippen LogP contribution < -0.4 is 10.2 Å². The zero-order chi connectivity index (χ0) is 34.2. The highest BCUT2D eigenvalue weighted by Gasteiger charge is 2.72. The Kier molecular flexibility index (Phi) is 9.58. The summed E-state index contributed by atoms with van der Waals surface area (Å²) in [6, 6.07) is 13.2. The molecule has 10 heteroatoms. The quantitative estimate of drug-likeness (QED) is 0.357. The molecule has 3 amide bonds. The lowest BCUT2D eigenvalue weighted by atomic mass is 9.77. The van der Waals surface area contributed by atoms with Gasteiger partial charge in [0.15, 0.2) is 0 Å². The van der Waals surface area contributed by atoms with E-state index in [2.05, 4.69) is 5.32 Å². The number of benzene rings is 2. The second-order valence-electron chi connectivity index (χ2n) is 13.8. The van der Waals surface area contributed by atoms with Crippen molar-refractivity contribution < 1.29 is 33.8 Å². The topological polar surface area (TPSA) is 125 Å². The fourth-order valence-electron chi connectivity index (χ4n) is 7.99. The largest absolute Gasteiger partial charge is 0.455 e. The molecule has 0 aromatic heterocycles. The van der Waals surface area contributed by atoms with Crippen molar-refractivity contribution in [1.29, 1.82) is 0 Å². The van der Waals surface area contributed by atoms with Crippen molar-refractivity contribution in [2.24, 2.45) is 17.8 Å². The molecule has 0 radical (unpaired) electrons. The number of esters is 1. The number of nitrogens with zero attached hydrogens (tertiary/aromatic N) is 2. The molecular weight excluding hydrogens is 610 g/mol. The van der Waals surface area contributed by atoms with Crippen LogP contribution in [0, 0.1) is 31.6 Å². The molecule has 2 saturated heterocycles. The Balaban J connectivity index is 1.48. The molecule has 4 heterocycles. The van der Waals surface area contributed by atoms with Crippen molar-refractivity contribution in [3.8, 4) is 0 Å². The van der Waals surface area contributed by atoms with Gasteiger partial charge in [-0.25, -0.2) is 0 Å². The molecule has 2 fully saturated rings. The molecule has 4 aliphatic rings. The number of cyclic esters (lactones) is 1. The maximum Gasteiger partial charge on any atom is 0.313 e. The van der Waals surface area contributed by atoms with Crippen molar-refractivity contribution in [3.63, 3.8) is 0 Å². The van der Waals surface area contributed by atoms with Gasteiger partial charge in [0.2, 0.25) is 11.8 Å². The fraction of sp³-hybridized carbons (Fsp3) is 0.474. The summed E-state index contributed by atoms with van der Waals surface area (Å²) in [7, 11) is 0. The Morgan fingerprint density at radius 2 is 1.71 bits per heavy atom. The number of ether oxygens (including phenoxy) is 2. The Morgan fingerprint density at radius 1 is 0.979 bits per heavy atom. The lowest BCUT2D eigenvalue weighted by Crippen LogP contribution is -2.58. The van der Waals surface area contributed by atoms with Crippen LogP contribution in [-0.4, -0.2) is 77.2 Å². The number of fused-ring (bicyclic) bond motifs is 2. The van der Waals surface area contributed by atoms with E-state index in [0.29, 0.717) is 18.4 Å². The number of likely N-dealkylation sites (tertiary alicyclic amines) is 1. The number of anilines is 1. The van der Waals surface area contributed by atoms with E-state index >= 15 is 0 Å². The number of nitrogens with one attached hydrogen (secondary N) is 1. The average molecular weight is 656 g/mol. The second kappa shape index (κ2) is 13.7. The molecule has 254 valence electrons. The van der Waals surface area contributed by atoms with E-state index in [0.717, 1.165) is 16.8 Å². The van der Waals surface area contributed by atoms with Crippen molar-refractivity contribution in [3.05, 3.63) is 89.5 Å². The van der Waals surface area contributed by atoms with Crippen LogP contribution in [0.5, 0.6) is 0 Å². The first-order chi connectivity index (χ1) is 23.1. The van der Waals surface area contributed by atoms with Crippen LogP contribution in [0.15, 0.2) is 72.8 Å². The second-order valence-corrected chi connectivity index (χ2v) is 13.8. The Morgan fingerprint density at radius 3 is 2.40 bits per heavy atom. The third-order valence-electron chi connectivity index (χ3n) is 10.0. The number of aryl methyl sites for hydroxylation is 2. The molecule has 0 unspecified atom stereocenters. The number of aliphatic hydroxyl groups excluding tert-OH is 1. The standard InChI is InChI=1S/C38H45N3O7/c1-23(2)20-27(22-42)41-34-36(45)40(33-24(3)12-10-13-25(33)4)19-11-18-38(34)32(35(41)44)31-28(48-38)16-8-9-17-30(43)39-21-29(47-37(31)46)26-14-6-5-7-15-26/h5-8,10-16,18,23,27-29,31-32,34,42H,9,17,19-22H2,1-4H3,(H,39,43)/b16-8-/t27-,28+,29-,31-,32-,34+,38-/m1/s1. The van der Waals surface area contributed by atoms with Gasteiger partial charge in [0.25, 0.3) is 5.91 Å². The summed E-state index contributed by atoms with van der Waals surface area (Å²) in [5.74, 6) is -3.63. The van der Waals surface area contributed by atoms with Gasteiger partial charge >= 0.3 is 5.97 Å². The zero-order valence-electron chi connectivity index (χ0n) is 28.0. The molecule has 0 aliphatic carbocycles. The van der Waals surface area contributed by atoms with Crippen molar-refractivity contribution in [2.45, 2.75) is 76.9 Å². The summed E-state index contributed by atoms with van der Waals surface area (Å²) < 4.78 is 13.0. The number of rotatable bonds is 6. The van der Waals surface area contributed by atoms with E-state index in [1.807, 2.05) is 82.3 Å². The van der Waals surface area contributed by atoms with Crippen LogP contribution >= 0.6 is 0 Å². The van der Waals surface area contributed by atoms with Gasteiger partial charge in [0.1, 0.15) is 23.7 Å². The van der Waals surface area contributed by atoms with Gasteiger partial charge in [-0.2, -0.15) is 0 Å². The summed E-state index contributed by atoms with van der Waals surface area (Å²) in [4.78, 5) is 60.1. The van der Waals surface area contributed by atoms with Gasteiger partial charge in [0, 0.05) is 18.7 Å². The lowest BCUT2D eigenvalue weighted by Gasteiger charge is -2.39. The molecule has 2 N–H and O–H groups in total. The third kappa shape index (κ3) is 5.96. The maximum atomic E-state index is 15.0. The number of hydrogen-bond donors (Lipinski definition) is 2. The Labute approximate surface area is 281 Å². The zero-order valence-corrected chi connectivity index (χ0v) is 28.0.